The van der Waals surface area contributed by atoms with Gasteiger partial charge in [-0.15, -0.1) is 0 Å². The molecule has 4 heteroatoms. The normalized spacial score (nSPS) is 18.0. The van der Waals surface area contributed by atoms with Crippen LogP contribution in [0.5, 0.6) is 0 Å². The Kier molecular flexibility index (Phi) is 5.14. The molecule has 0 N–H and O–H groups in total. The van der Waals surface area contributed by atoms with E-state index >= 15 is 0 Å². The van der Waals surface area contributed by atoms with Crippen LogP contribution in [0.25, 0.3) is 0 Å². The van der Waals surface area contributed by atoms with Gasteiger partial charge in [-0.2, -0.15) is 0 Å². The minimum atomic E-state index is 0.0199. The molecule has 0 spiro atoms. The molecule has 1 aliphatic heterocycles. The van der Waals surface area contributed by atoms with Gasteiger partial charge >= 0.3 is 0 Å². The first-order valence-electron chi connectivity index (χ1n) is 9.06. The van der Waals surface area contributed by atoms with Gasteiger partial charge in [0.15, 0.2) is 5.78 Å². The molecule has 0 aromatic heterocycles. The number of ketones is 2. The van der Waals surface area contributed by atoms with E-state index < -0.39 is 0 Å². The number of Topliss-reactive ketones (excluding diaryl/α,β-unsaturated/α-hetero) is 2. The Bertz CT molecular complexity index is 678. The van der Waals surface area contributed by atoms with Crippen molar-refractivity contribution in [3.05, 3.63) is 46.7 Å². The Balaban J connectivity index is 1.98. The molecule has 0 fully saturated rings. The molecule has 0 saturated heterocycles. The molecule has 0 atom stereocenters. The van der Waals surface area contributed by atoms with Gasteiger partial charge in [0.25, 0.3) is 0 Å². The zero-order valence-electron chi connectivity index (χ0n) is 14.7. The minimum absolute atomic E-state index is 0.0199. The van der Waals surface area contributed by atoms with Crippen LogP contribution < -0.4 is 0 Å². The number of carbonyl (C=O) groups is 2. The van der Waals surface area contributed by atoms with E-state index in [4.69, 9.17) is 0 Å². The maximum atomic E-state index is 13.0. The molecule has 24 heavy (non-hydrogen) atoms. The van der Waals surface area contributed by atoms with Gasteiger partial charge in [-0.1, -0.05) is 51.0 Å². The molecule has 0 unspecified atom stereocenters. The molecule has 1 aromatic carbocycles. The maximum absolute atomic E-state index is 13.0. The first kappa shape index (κ1) is 16.9. The van der Waals surface area contributed by atoms with Gasteiger partial charge in [-0.05, 0) is 12.8 Å². The lowest BCUT2D eigenvalue weighted by molar-refractivity contribution is 0.0833. The van der Waals surface area contributed by atoms with Crippen LogP contribution in [-0.2, 0) is 0 Å². The molecular formula is C20H26N2O2. The third-order valence-corrected chi connectivity index (χ3v) is 4.87. The zero-order valence-corrected chi connectivity index (χ0v) is 14.7. The summed E-state index contributed by atoms with van der Waals surface area (Å²) < 4.78 is 0. The number of hydrogen-bond acceptors (Lipinski definition) is 4. The third kappa shape index (κ3) is 3.03. The van der Waals surface area contributed by atoms with E-state index in [1.807, 2.05) is 12.1 Å². The van der Waals surface area contributed by atoms with Crippen LogP contribution in [0.15, 0.2) is 35.5 Å². The van der Waals surface area contributed by atoms with Crippen LogP contribution in [0.3, 0.4) is 0 Å². The lowest BCUT2D eigenvalue weighted by atomic mass is 9.85. The fourth-order valence-corrected chi connectivity index (χ4v) is 3.54. The first-order valence-corrected chi connectivity index (χ1v) is 9.06. The van der Waals surface area contributed by atoms with Crippen molar-refractivity contribution >= 4 is 11.6 Å². The van der Waals surface area contributed by atoms with Gasteiger partial charge in [0, 0.05) is 36.3 Å². The molecular weight excluding hydrogens is 300 g/mol. The molecule has 4 nitrogen and oxygen atoms in total. The summed E-state index contributed by atoms with van der Waals surface area (Å²) in [4.78, 5) is 30.4. The van der Waals surface area contributed by atoms with Crippen molar-refractivity contribution in [1.82, 2.24) is 9.80 Å². The van der Waals surface area contributed by atoms with E-state index in [-0.39, 0.29) is 11.6 Å². The van der Waals surface area contributed by atoms with Gasteiger partial charge in [0.1, 0.15) is 0 Å². The van der Waals surface area contributed by atoms with Crippen molar-refractivity contribution in [2.75, 3.05) is 26.3 Å². The molecule has 128 valence electrons. The number of carbonyl (C=O) groups excluding carboxylic acids is 2. The summed E-state index contributed by atoms with van der Waals surface area (Å²) >= 11 is 0. The van der Waals surface area contributed by atoms with Crippen molar-refractivity contribution < 1.29 is 9.59 Å². The van der Waals surface area contributed by atoms with Crippen molar-refractivity contribution in [2.24, 2.45) is 0 Å². The molecule has 0 amide bonds. The minimum Gasteiger partial charge on any atom is -0.355 e. The summed E-state index contributed by atoms with van der Waals surface area (Å²) in [5.74, 6) is 0.0503. The highest BCUT2D eigenvalue weighted by atomic mass is 16.1. The Morgan fingerprint density at radius 2 is 1.54 bits per heavy atom. The second-order valence-corrected chi connectivity index (χ2v) is 6.70. The highest BCUT2D eigenvalue weighted by Crippen LogP contribution is 2.32. The van der Waals surface area contributed by atoms with Crippen LogP contribution in [0, 0.1) is 0 Å². The van der Waals surface area contributed by atoms with Crippen LogP contribution in [0.2, 0.25) is 0 Å². The molecule has 1 heterocycles. The van der Waals surface area contributed by atoms with Gasteiger partial charge in [-0.25, -0.2) is 0 Å². The summed E-state index contributed by atoms with van der Waals surface area (Å²) in [5, 5.41) is 0. The molecule has 1 aromatic rings. The predicted molar refractivity (Wildman–Crippen MR) is 95.1 cm³/mol. The van der Waals surface area contributed by atoms with E-state index in [9.17, 15) is 9.59 Å². The molecule has 1 aliphatic carbocycles. The van der Waals surface area contributed by atoms with E-state index in [0.29, 0.717) is 28.9 Å². The predicted octanol–water partition coefficient (Wildman–Crippen LogP) is 3.50. The summed E-state index contributed by atoms with van der Waals surface area (Å²) in [6.07, 6.45) is 4.35. The third-order valence-electron chi connectivity index (χ3n) is 4.87. The second kappa shape index (κ2) is 7.31. The lowest BCUT2D eigenvalue weighted by Crippen LogP contribution is -2.49. The molecule has 2 aliphatic rings. The number of fused-ring (bicyclic) bond motifs is 1. The van der Waals surface area contributed by atoms with Gasteiger partial charge in [0.2, 0.25) is 5.78 Å². The average molecular weight is 326 g/mol. The average Bonchev–Trinajstić information content (AvgIpc) is 2.62. The van der Waals surface area contributed by atoms with Crippen LogP contribution in [-0.4, -0.2) is 47.7 Å². The van der Waals surface area contributed by atoms with E-state index in [1.54, 1.807) is 12.1 Å². The number of benzene rings is 1. The molecule has 3 rings (SSSR count). The number of allylic oxidation sites excluding steroid dienone is 1. The molecule has 0 radical (unpaired) electrons. The Labute approximate surface area is 144 Å². The van der Waals surface area contributed by atoms with Crippen LogP contribution in [0.4, 0.5) is 0 Å². The number of nitrogens with zero attached hydrogens (tertiary/aromatic N) is 2. The largest absolute Gasteiger partial charge is 0.355 e. The van der Waals surface area contributed by atoms with Crippen molar-refractivity contribution in [2.45, 2.75) is 39.5 Å². The monoisotopic (exact) mass is 326 g/mol. The van der Waals surface area contributed by atoms with E-state index in [0.717, 1.165) is 45.4 Å². The molecule has 0 bridgehead atoms. The highest BCUT2D eigenvalue weighted by molar-refractivity contribution is 6.26. The van der Waals surface area contributed by atoms with Crippen LogP contribution >= 0.6 is 0 Å². The maximum Gasteiger partial charge on any atom is 0.210 e. The van der Waals surface area contributed by atoms with E-state index in [1.165, 1.54) is 0 Å². The quantitative estimate of drug-likeness (QED) is 0.802. The van der Waals surface area contributed by atoms with Crippen molar-refractivity contribution in [3.63, 3.8) is 0 Å². The highest BCUT2D eigenvalue weighted by Gasteiger charge is 2.38. The van der Waals surface area contributed by atoms with Gasteiger partial charge in [0.05, 0.1) is 12.4 Å². The summed E-state index contributed by atoms with van der Waals surface area (Å²) in [6, 6.07) is 7.23. The van der Waals surface area contributed by atoms with Crippen molar-refractivity contribution in [3.8, 4) is 0 Å². The van der Waals surface area contributed by atoms with Crippen LogP contribution in [0.1, 0.15) is 60.2 Å². The fraction of sp³-hybridized carbons (Fsp3) is 0.500. The number of rotatable bonds is 6. The first-order chi connectivity index (χ1) is 11.7. The fourth-order valence-electron chi connectivity index (χ4n) is 3.54. The second-order valence-electron chi connectivity index (χ2n) is 6.70. The SMILES string of the molecule is CCCCN1CC2=C(C(=O)c3ccccc3C2=O)N(CCCC)C1. The standard InChI is InChI=1S/C20H26N2O2/c1-3-5-11-21-13-17-18(22(14-21)12-6-4-2)20(24)16-10-8-7-9-15(16)19(17)23/h7-10H,3-6,11-14H2,1-2H3. The summed E-state index contributed by atoms with van der Waals surface area (Å²) in [5.41, 5.74) is 2.47. The number of hydrogen-bond donors (Lipinski definition) is 0. The van der Waals surface area contributed by atoms with Gasteiger partial charge < -0.3 is 4.90 Å². The number of unbranched alkanes of at least 4 members (excludes halogenated alkanes) is 2. The Morgan fingerprint density at radius 3 is 2.21 bits per heavy atom. The Morgan fingerprint density at radius 1 is 0.917 bits per heavy atom. The Hall–Kier alpha value is -1.94. The summed E-state index contributed by atoms with van der Waals surface area (Å²) in [6.45, 7) is 7.47. The zero-order chi connectivity index (χ0) is 17.1. The molecule has 0 saturated carbocycles. The van der Waals surface area contributed by atoms with Gasteiger partial charge in [-0.3, -0.25) is 14.5 Å². The topological polar surface area (TPSA) is 40.6 Å². The van der Waals surface area contributed by atoms with E-state index in [2.05, 4.69) is 23.6 Å². The summed E-state index contributed by atoms with van der Waals surface area (Å²) in [7, 11) is 0. The smallest absolute Gasteiger partial charge is 0.210 e. The van der Waals surface area contributed by atoms with Crippen molar-refractivity contribution in [1.29, 1.82) is 0 Å². The lowest BCUT2D eigenvalue weighted by Gasteiger charge is -2.41.